The summed E-state index contributed by atoms with van der Waals surface area (Å²) in [5.74, 6) is 0.907. The maximum Gasteiger partial charge on any atom is 0.221 e. The van der Waals surface area contributed by atoms with E-state index in [1.807, 2.05) is 31.2 Å². The average Bonchev–Trinajstić information content (AvgIpc) is 2.41. The van der Waals surface area contributed by atoms with Gasteiger partial charge in [-0.15, -0.1) is 0 Å². The molecule has 0 aromatic heterocycles. The summed E-state index contributed by atoms with van der Waals surface area (Å²) >= 11 is 0. The zero-order valence-corrected chi connectivity index (χ0v) is 12.3. The van der Waals surface area contributed by atoms with Gasteiger partial charge >= 0.3 is 0 Å². The van der Waals surface area contributed by atoms with Gasteiger partial charge < -0.3 is 10.6 Å². The van der Waals surface area contributed by atoms with Crippen molar-refractivity contribution in [3.05, 3.63) is 24.3 Å². The molecule has 1 saturated carbocycles. The predicted octanol–water partition coefficient (Wildman–Crippen LogP) is 3.81. The van der Waals surface area contributed by atoms with Crippen molar-refractivity contribution in [1.29, 1.82) is 0 Å². The maximum atomic E-state index is 11.0. The van der Waals surface area contributed by atoms with Crippen molar-refractivity contribution in [2.24, 2.45) is 4.99 Å². The molecule has 0 heterocycles. The van der Waals surface area contributed by atoms with Crippen LogP contribution in [0.1, 0.15) is 46.0 Å². The van der Waals surface area contributed by atoms with Crippen molar-refractivity contribution >= 4 is 23.1 Å². The first-order valence-electron chi connectivity index (χ1n) is 7.32. The SMILES string of the molecule is CC(=O)Nc1ccc(NC(C)=NC2CCCCC2)cc1. The highest BCUT2D eigenvalue weighted by molar-refractivity contribution is 5.94. The molecule has 2 rings (SSSR count). The van der Waals surface area contributed by atoms with E-state index in [1.54, 1.807) is 0 Å². The lowest BCUT2D eigenvalue weighted by Gasteiger charge is -2.18. The van der Waals surface area contributed by atoms with Gasteiger partial charge in [-0.05, 0) is 44.0 Å². The quantitative estimate of drug-likeness (QED) is 0.650. The summed E-state index contributed by atoms with van der Waals surface area (Å²) in [5.41, 5.74) is 1.81. The number of amidine groups is 1. The maximum absolute atomic E-state index is 11.0. The van der Waals surface area contributed by atoms with Gasteiger partial charge in [-0.3, -0.25) is 9.79 Å². The van der Waals surface area contributed by atoms with E-state index in [-0.39, 0.29) is 5.91 Å². The molecule has 4 heteroatoms. The van der Waals surface area contributed by atoms with Crippen LogP contribution in [-0.2, 0) is 4.79 Å². The van der Waals surface area contributed by atoms with Crippen LogP contribution in [0.25, 0.3) is 0 Å². The van der Waals surface area contributed by atoms with Crippen molar-refractivity contribution in [2.75, 3.05) is 10.6 Å². The smallest absolute Gasteiger partial charge is 0.221 e. The van der Waals surface area contributed by atoms with E-state index < -0.39 is 0 Å². The van der Waals surface area contributed by atoms with E-state index in [4.69, 9.17) is 4.99 Å². The van der Waals surface area contributed by atoms with Crippen LogP contribution >= 0.6 is 0 Å². The molecule has 1 aliphatic rings. The molecule has 1 aromatic rings. The van der Waals surface area contributed by atoms with Gasteiger partial charge in [-0.1, -0.05) is 19.3 Å². The number of hydrogen-bond donors (Lipinski definition) is 2. The van der Waals surface area contributed by atoms with Gasteiger partial charge in [0.1, 0.15) is 0 Å². The Kier molecular flexibility index (Phi) is 5.16. The molecule has 1 fully saturated rings. The molecular formula is C16H23N3O. The molecule has 0 bridgehead atoms. The average molecular weight is 273 g/mol. The molecule has 4 nitrogen and oxygen atoms in total. The van der Waals surface area contributed by atoms with E-state index in [2.05, 4.69) is 10.6 Å². The molecule has 20 heavy (non-hydrogen) atoms. The zero-order valence-electron chi connectivity index (χ0n) is 12.3. The van der Waals surface area contributed by atoms with Gasteiger partial charge in [0, 0.05) is 18.3 Å². The van der Waals surface area contributed by atoms with Crippen LogP contribution in [0.4, 0.5) is 11.4 Å². The number of amides is 1. The molecule has 2 N–H and O–H groups in total. The first kappa shape index (κ1) is 14.6. The van der Waals surface area contributed by atoms with E-state index >= 15 is 0 Å². The van der Waals surface area contributed by atoms with E-state index in [0.717, 1.165) is 17.2 Å². The minimum absolute atomic E-state index is 0.0549. The fourth-order valence-corrected chi connectivity index (χ4v) is 2.57. The Balaban J connectivity index is 1.91. The van der Waals surface area contributed by atoms with Crippen LogP contribution in [0.3, 0.4) is 0 Å². The van der Waals surface area contributed by atoms with Crippen LogP contribution in [0.15, 0.2) is 29.3 Å². The minimum Gasteiger partial charge on any atom is -0.344 e. The summed E-state index contributed by atoms with van der Waals surface area (Å²) in [4.78, 5) is 15.7. The number of aliphatic imine (C=N–C) groups is 1. The van der Waals surface area contributed by atoms with E-state index in [1.165, 1.54) is 39.0 Å². The van der Waals surface area contributed by atoms with E-state index in [0.29, 0.717) is 6.04 Å². The van der Waals surface area contributed by atoms with Gasteiger partial charge in [0.05, 0.1) is 11.9 Å². The van der Waals surface area contributed by atoms with Crippen LogP contribution in [0.5, 0.6) is 0 Å². The fourth-order valence-electron chi connectivity index (χ4n) is 2.57. The second kappa shape index (κ2) is 7.08. The number of hydrogen-bond acceptors (Lipinski definition) is 2. The lowest BCUT2D eigenvalue weighted by Crippen LogP contribution is -2.16. The number of benzene rings is 1. The molecule has 0 radical (unpaired) electrons. The van der Waals surface area contributed by atoms with Gasteiger partial charge in [-0.25, -0.2) is 0 Å². The van der Waals surface area contributed by atoms with Crippen molar-refractivity contribution in [3.63, 3.8) is 0 Å². The number of nitrogens with one attached hydrogen (secondary N) is 2. The largest absolute Gasteiger partial charge is 0.344 e. The van der Waals surface area contributed by atoms with Crippen LogP contribution in [-0.4, -0.2) is 17.8 Å². The third-order valence-electron chi connectivity index (χ3n) is 3.48. The topological polar surface area (TPSA) is 53.5 Å². The molecule has 108 valence electrons. The normalized spacial score (nSPS) is 16.8. The molecule has 0 aliphatic heterocycles. The van der Waals surface area contributed by atoms with Gasteiger partial charge in [-0.2, -0.15) is 0 Å². The first-order valence-corrected chi connectivity index (χ1v) is 7.32. The van der Waals surface area contributed by atoms with E-state index in [9.17, 15) is 4.79 Å². The molecule has 1 amide bonds. The Morgan fingerprint density at radius 3 is 2.10 bits per heavy atom. The number of carbonyl (C=O) groups is 1. The second-order valence-electron chi connectivity index (χ2n) is 5.39. The number of nitrogens with zero attached hydrogens (tertiary/aromatic N) is 1. The van der Waals surface area contributed by atoms with Crippen LogP contribution in [0.2, 0.25) is 0 Å². The van der Waals surface area contributed by atoms with Gasteiger partial charge in [0.2, 0.25) is 5.91 Å². The Bertz CT molecular complexity index is 473. The Hall–Kier alpha value is -1.84. The number of anilines is 2. The Morgan fingerprint density at radius 1 is 1.00 bits per heavy atom. The molecule has 1 aromatic carbocycles. The molecule has 0 unspecified atom stereocenters. The molecule has 0 atom stereocenters. The highest BCUT2D eigenvalue weighted by atomic mass is 16.1. The summed E-state index contributed by atoms with van der Waals surface area (Å²) < 4.78 is 0. The lowest BCUT2D eigenvalue weighted by molar-refractivity contribution is -0.114. The highest BCUT2D eigenvalue weighted by Crippen LogP contribution is 2.20. The standard InChI is InChI=1S/C16H23N3O/c1-12(17-14-6-4-3-5-7-14)18-15-8-10-16(11-9-15)19-13(2)20/h8-11,14H,3-7H2,1-2H3,(H,17,18)(H,19,20). The summed E-state index contributed by atoms with van der Waals surface area (Å²) in [7, 11) is 0. The lowest BCUT2D eigenvalue weighted by atomic mass is 9.96. The molecule has 1 aliphatic carbocycles. The Labute approximate surface area is 120 Å². The summed E-state index contributed by atoms with van der Waals surface area (Å²) in [5, 5.41) is 6.06. The van der Waals surface area contributed by atoms with Gasteiger partial charge in [0.25, 0.3) is 0 Å². The first-order chi connectivity index (χ1) is 9.63. The summed E-state index contributed by atoms with van der Waals surface area (Å²) in [6.07, 6.45) is 6.36. The predicted molar refractivity (Wildman–Crippen MR) is 84.4 cm³/mol. The molecular weight excluding hydrogens is 250 g/mol. The molecule has 0 saturated heterocycles. The summed E-state index contributed by atoms with van der Waals surface area (Å²) in [6, 6.07) is 8.15. The van der Waals surface area contributed by atoms with Crippen molar-refractivity contribution in [3.8, 4) is 0 Å². The third-order valence-corrected chi connectivity index (χ3v) is 3.48. The monoisotopic (exact) mass is 273 g/mol. The van der Waals surface area contributed by atoms with Crippen LogP contribution in [0, 0.1) is 0 Å². The van der Waals surface area contributed by atoms with Crippen molar-refractivity contribution in [1.82, 2.24) is 0 Å². The van der Waals surface area contributed by atoms with Gasteiger partial charge in [0.15, 0.2) is 0 Å². The second-order valence-corrected chi connectivity index (χ2v) is 5.39. The third kappa shape index (κ3) is 4.68. The van der Waals surface area contributed by atoms with Crippen molar-refractivity contribution in [2.45, 2.75) is 52.0 Å². The molecule has 0 spiro atoms. The fraction of sp³-hybridized carbons (Fsp3) is 0.500. The number of carbonyl (C=O) groups excluding carboxylic acids is 1. The highest BCUT2D eigenvalue weighted by Gasteiger charge is 2.11. The Morgan fingerprint density at radius 2 is 1.55 bits per heavy atom. The van der Waals surface area contributed by atoms with Crippen LogP contribution < -0.4 is 10.6 Å². The summed E-state index contributed by atoms with van der Waals surface area (Å²) in [6.45, 7) is 3.52. The number of rotatable bonds is 3. The minimum atomic E-state index is -0.0549. The van der Waals surface area contributed by atoms with Crippen molar-refractivity contribution < 1.29 is 4.79 Å². The zero-order chi connectivity index (χ0) is 14.4.